The van der Waals surface area contributed by atoms with Crippen molar-refractivity contribution in [1.29, 1.82) is 0 Å². The summed E-state index contributed by atoms with van der Waals surface area (Å²) in [5.74, 6) is 5.97. The minimum absolute atomic E-state index is 0.0342. The zero-order valence-corrected chi connectivity index (χ0v) is 44.2. The van der Waals surface area contributed by atoms with E-state index in [2.05, 4.69) is 173 Å². The third-order valence-corrected chi connectivity index (χ3v) is 16.8. The van der Waals surface area contributed by atoms with Crippen LogP contribution in [0.25, 0.3) is 44.5 Å². The Balaban J connectivity index is 1.23. The van der Waals surface area contributed by atoms with E-state index in [4.69, 9.17) is 12.8 Å². The van der Waals surface area contributed by atoms with Gasteiger partial charge in [0, 0.05) is 43.3 Å². The monoisotopic (exact) mass is 1100 g/mol. The van der Waals surface area contributed by atoms with Crippen molar-refractivity contribution in [3.63, 3.8) is 0 Å². The topological polar surface area (TPSA) is 0 Å². The van der Waals surface area contributed by atoms with Crippen molar-refractivity contribution >= 4 is 63.7 Å². The van der Waals surface area contributed by atoms with E-state index in [0.29, 0.717) is 0 Å². The van der Waals surface area contributed by atoms with E-state index in [9.17, 15) is 0 Å². The maximum absolute atomic E-state index is 6.07. The Labute approximate surface area is 420 Å². The van der Waals surface area contributed by atoms with Crippen LogP contribution in [-0.4, -0.2) is 21.3 Å². The highest BCUT2D eigenvalue weighted by atomic mass is 79.9. The summed E-state index contributed by atoms with van der Waals surface area (Å²) in [7, 11) is 0. The molecule has 2 aliphatic rings. The van der Waals surface area contributed by atoms with Gasteiger partial charge in [0.2, 0.25) is 0 Å². The standard InChI is InChI=1S/C60H66Br4/c1-3-45-21-29-51-53-31-27-49(43-57(53)59(55(51)41-45,33-13-5-9-17-37-61)34-14-6-10-18-38-62)47-23-25-48(26-24-47)50-28-32-54-52-30-22-46(4-2)42-56(52)60(58(54)44-50,35-15-7-11-19-39-63)36-16-8-12-20-40-64/h1-2,21-32,41-44H,5-20,33-40H2. The van der Waals surface area contributed by atoms with E-state index in [0.717, 1.165) is 58.1 Å². The maximum Gasteiger partial charge on any atom is 0.0246 e. The quantitative estimate of drug-likeness (QED) is 0.0294. The van der Waals surface area contributed by atoms with Gasteiger partial charge in [0.05, 0.1) is 0 Å². The molecular weight excluding hydrogens is 1040 g/mol. The van der Waals surface area contributed by atoms with Crippen LogP contribution in [0.5, 0.6) is 0 Å². The number of unbranched alkanes of at least 4 members (excludes halogenated alkanes) is 12. The summed E-state index contributed by atoms with van der Waals surface area (Å²) >= 11 is 14.7. The average Bonchev–Trinajstić information content (AvgIpc) is 3.76. The van der Waals surface area contributed by atoms with Crippen LogP contribution in [0.1, 0.15) is 162 Å². The van der Waals surface area contributed by atoms with Crippen molar-refractivity contribution < 1.29 is 0 Å². The fourth-order valence-electron chi connectivity index (χ4n) is 11.2. The molecular formula is C60H66Br4. The predicted octanol–water partition coefficient (Wildman–Crippen LogP) is 18.9. The first-order chi connectivity index (χ1) is 31.5. The number of halogens is 4. The van der Waals surface area contributed by atoms with Gasteiger partial charge in [0.1, 0.15) is 0 Å². The molecule has 0 radical (unpaired) electrons. The first-order valence-electron chi connectivity index (χ1n) is 24.3. The second-order valence-electron chi connectivity index (χ2n) is 18.5. The van der Waals surface area contributed by atoms with E-state index < -0.39 is 0 Å². The van der Waals surface area contributed by atoms with Gasteiger partial charge in [0.15, 0.2) is 0 Å². The van der Waals surface area contributed by atoms with Gasteiger partial charge in [-0.3, -0.25) is 0 Å². The minimum atomic E-state index is -0.0342. The van der Waals surface area contributed by atoms with Gasteiger partial charge in [-0.15, -0.1) is 12.8 Å². The van der Waals surface area contributed by atoms with Crippen LogP contribution in [0.4, 0.5) is 0 Å². The fourth-order valence-corrected chi connectivity index (χ4v) is 12.8. The highest BCUT2D eigenvalue weighted by molar-refractivity contribution is 9.09. The number of terminal acetylenes is 2. The van der Waals surface area contributed by atoms with Crippen LogP contribution in [-0.2, 0) is 10.8 Å². The second kappa shape index (κ2) is 24.2. The number of benzene rings is 5. The zero-order chi connectivity index (χ0) is 44.8. The number of hydrogen-bond donors (Lipinski definition) is 0. The molecule has 0 aliphatic heterocycles. The van der Waals surface area contributed by atoms with E-state index in [1.807, 2.05) is 0 Å². The molecule has 5 aromatic rings. The molecule has 0 amide bonds. The normalized spacial score (nSPS) is 13.8. The van der Waals surface area contributed by atoms with Crippen LogP contribution in [0, 0.1) is 24.7 Å². The third kappa shape index (κ3) is 10.9. The molecule has 334 valence electrons. The molecule has 0 unspecified atom stereocenters. The van der Waals surface area contributed by atoms with Crippen molar-refractivity contribution in [2.75, 3.05) is 21.3 Å². The SMILES string of the molecule is C#Cc1ccc2c(c1)C(CCCCCCBr)(CCCCCCBr)c1cc(-c3ccc(-c4ccc5c(c4)C(CCCCCCBr)(CCCCCCBr)c4cc(C#C)ccc4-5)cc3)ccc1-2. The Bertz CT molecular complexity index is 2190. The first-order valence-corrected chi connectivity index (χ1v) is 28.8. The van der Waals surface area contributed by atoms with Gasteiger partial charge in [0.25, 0.3) is 0 Å². The van der Waals surface area contributed by atoms with Crippen LogP contribution in [0.2, 0.25) is 0 Å². The lowest BCUT2D eigenvalue weighted by Gasteiger charge is -2.33. The summed E-state index contributed by atoms with van der Waals surface area (Å²) in [5.41, 5.74) is 18.5. The molecule has 0 atom stereocenters. The van der Waals surface area contributed by atoms with E-state index in [-0.39, 0.29) is 10.8 Å². The fraction of sp³-hybridized carbons (Fsp3) is 0.433. The lowest BCUT2D eigenvalue weighted by Crippen LogP contribution is -2.26. The predicted molar refractivity (Wildman–Crippen MR) is 293 cm³/mol. The van der Waals surface area contributed by atoms with Gasteiger partial charge in [-0.1, -0.05) is 213 Å². The lowest BCUT2D eigenvalue weighted by molar-refractivity contribution is 0.401. The Hall–Kier alpha value is -2.86. The molecule has 0 spiro atoms. The molecule has 0 fully saturated rings. The van der Waals surface area contributed by atoms with Crippen molar-refractivity contribution in [3.8, 4) is 69.2 Å². The number of rotatable bonds is 26. The zero-order valence-electron chi connectivity index (χ0n) is 37.9. The summed E-state index contributed by atoms with van der Waals surface area (Å²) < 4.78 is 0. The molecule has 0 nitrogen and oxygen atoms in total. The molecule has 7 rings (SSSR count). The molecule has 0 bridgehead atoms. The second-order valence-corrected chi connectivity index (χ2v) is 21.7. The minimum Gasteiger partial charge on any atom is -0.115 e. The summed E-state index contributed by atoms with van der Waals surface area (Å²) in [4.78, 5) is 0. The van der Waals surface area contributed by atoms with Gasteiger partial charge in [-0.25, -0.2) is 0 Å². The summed E-state index contributed by atoms with van der Waals surface area (Å²) in [6.45, 7) is 0. The van der Waals surface area contributed by atoms with E-state index in [1.54, 1.807) is 0 Å². The summed E-state index contributed by atoms with van der Waals surface area (Å²) in [5, 5.41) is 4.32. The maximum atomic E-state index is 6.07. The highest BCUT2D eigenvalue weighted by Gasteiger charge is 2.44. The van der Waals surface area contributed by atoms with Crippen molar-refractivity contribution in [2.45, 2.75) is 139 Å². The number of alkyl halides is 4. The Morgan fingerprint density at radius 2 is 0.578 bits per heavy atom. The molecule has 5 aromatic carbocycles. The van der Waals surface area contributed by atoms with Crippen LogP contribution >= 0.6 is 63.7 Å². The van der Waals surface area contributed by atoms with Crippen LogP contribution in [0.3, 0.4) is 0 Å². The smallest absolute Gasteiger partial charge is 0.0246 e. The molecule has 0 N–H and O–H groups in total. The highest BCUT2D eigenvalue weighted by Crippen LogP contribution is 2.57. The molecule has 2 aliphatic carbocycles. The Kier molecular flexibility index (Phi) is 18.6. The van der Waals surface area contributed by atoms with Crippen molar-refractivity contribution in [3.05, 3.63) is 130 Å². The van der Waals surface area contributed by atoms with Gasteiger partial charge in [-0.2, -0.15) is 0 Å². The van der Waals surface area contributed by atoms with Crippen molar-refractivity contribution in [2.24, 2.45) is 0 Å². The summed E-state index contributed by atoms with van der Waals surface area (Å²) in [6, 6.07) is 37.7. The molecule has 0 saturated carbocycles. The number of fused-ring (bicyclic) bond motifs is 6. The molecule has 0 saturated heterocycles. The largest absolute Gasteiger partial charge is 0.115 e. The van der Waals surface area contributed by atoms with Crippen LogP contribution < -0.4 is 0 Å². The van der Waals surface area contributed by atoms with Gasteiger partial charge in [-0.05, 0) is 155 Å². The third-order valence-electron chi connectivity index (χ3n) is 14.6. The van der Waals surface area contributed by atoms with E-state index >= 15 is 0 Å². The van der Waals surface area contributed by atoms with E-state index in [1.165, 1.54) is 169 Å². The summed E-state index contributed by atoms with van der Waals surface area (Å²) in [6.07, 6.45) is 36.7. The van der Waals surface area contributed by atoms with Gasteiger partial charge >= 0.3 is 0 Å². The van der Waals surface area contributed by atoms with Gasteiger partial charge < -0.3 is 0 Å². The average molecular weight is 1110 g/mol. The number of hydrogen-bond acceptors (Lipinski definition) is 0. The Morgan fingerprint density at radius 3 is 0.875 bits per heavy atom. The Morgan fingerprint density at radius 1 is 0.312 bits per heavy atom. The molecule has 0 heterocycles. The lowest BCUT2D eigenvalue weighted by atomic mass is 9.70. The van der Waals surface area contributed by atoms with Crippen molar-refractivity contribution in [1.82, 2.24) is 0 Å². The molecule has 64 heavy (non-hydrogen) atoms. The molecule has 0 aromatic heterocycles. The van der Waals surface area contributed by atoms with Crippen LogP contribution in [0.15, 0.2) is 97.1 Å². The molecule has 4 heteroatoms. The first kappa shape index (κ1) is 49.1.